The molecule has 0 saturated carbocycles. The van der Waals surface area contributed by atoms with Crippen molar-refractivity contribution in [3.63, 3.8) is 0 Å². The molecule has 4 aromatic rings. The second-order valence-corrected chi connectivity index (χ2v) is 9.13. The number of fused-ring (bicyclic) bond motifs is 1. The molecule has 0 saturated heterocycles. The molecule has 0 aliphatic carbocycles. The highest BCUT2D eigenvalue weighted by molar-refractivity contribution is 7.07. The summed E-state index contributed by atoms with van der Waals surface area (Å²) in [6.07, 6.45) is 3.46. The van der Waals surface area contributed by atoms with Crippen molar-refractivity contribution in [2.24, 2.45) is 4.99 Å². The number of carbonyl (C=O) groups excluding carboxylic acids is 1. The Bertz CT molecular complexity index is 1630. The SMILES string of the molecule is CCOC(=O)C1=C(C)N=c2s/c(=C\c3ccc(-n4cc(CO)nn4)cc3)c(=O)n2C1c1ccccc1. The van der Waals surface area contributed by atoms with Gasteiger partial charge in [0.15, 0.2) is 4.80 Å². The van der Waals surface area contributed by atoms with Crippen LogP contribution >= 0.6 is 11.3 Å². The van der Waals surface area contributed by atoms with E-state index in [0.29, 0.717) is 26.3 Å². The van der Waals surface area contributed by atoms with Gasteiger partial charge in [0.2, 0.25) is 0 Å². The number of thiazole rings is 1. The molecule has 0 spiro atoms. The average molecular weight is 502 g/mol. The first-order valence-corrected chi connectivity index (χ1v) is 12.2. The van der Waals surface area contributed by atoms with Gasteiger partial charge >= 0.3 is 5.97 Å². The maximum atomic E-state index is 13.6. The van der Waals surface area contributed by atoms with Crippen LogP contribution in [0.3, 0.4) is 0 Å². The molecule has 0 radical (unpaired) electrons. The van der Waals surface area contributed by atoms with E-state index in [-0.39, 0.29) is 18.8 Å². The molecule has 36 heavy (non-hydrogen) atoms. The number of esters is 1. The summed E-state index contributed by atoms with van der Waals surface area (Å²) in [6, 6.07) is 16.3. The van der Waals surface area contributed by atoms with Gasteiger partial charge in [-0.3, -0.25) is 9.36 Å². The van der Waals surface area contributed by atoms with Crippen molar-refractivity contribution < 1.29 is 14.6 Å². The Balaban J connectivity index is 1.59. The van der Waals surface area contributed by atoms with Crippen LogP contribution in [-0.2, 0) is 16.1 Å². The summed E-state index contributed by atoms with van der Waals surface area (Å²) in [5, 5.41) is 17.1. The molecule has 2 aromatic carbocycles. The van der Waals surface area contributed by atoms with E-state index >= 15 is 0 Å². The van der Waals surface area contributed by atoms with E-state index < -0.39 is 12.0 Å². The van der Waals surface area contributed by atoms with Crippen LogP contribution < -0.4 is 14.9 Å². The Labute approximate surface area is 209 Å². The zero-order valence-electron chi connectivity index (χ0n) is 19.7. The molecule has 5 rings (SSSR count). The number of rotatable bonds is 6. The van der Waals surface area contributed by atoms with Gasteiger partial charge in [-0.1, -0.05) is 59.0 Å². The summed E-state index contributed by atoms with van der Waals surface area (Å²) in [5.41, 5.74) is 3.56. The fraction of sp³-hybridized carbons (Fsp3) is 0.192. The number of nitrogens with zero attached hydrogens (tertiary/aromatic N) is 5. The molecule has 1 N–H and O–H groups in total. The molecule has 1 unspecified atom stereocenters. The van der Waals surface area contributed by atoms with E-state index in [0.717, 1.165) is 16.8 Å². The first-order valence-electron chi connectivity index (χ1n) is 11.4. The summed E-state index contributed by atoms with van der Waals surface area (Å²) in [6.45, 7) is 3.57. The minimum Gasteiger partial charge on any atom is -0.463 e. The minimum absolute atomic E-state index is 0.180. The third-order valence-corrected chi connectivity index (χ3v) is 6.77. The zero-order chi connectivity index (χ0) is 25.2. The highest BCUT2D eigenvalue weighted by Crippen LogP contribution is 2.30. The van der Waals surface area contributed by atoms with Gasteiger partial charge in [0.1, 0.15) is 5.69 Å². The van der Waals surface area contributed by atoms with Crippen LogP contribution in [0, 0.1) is 0 Å². The summed E-state index contributed by atoms with van der Waals surface area (Å²) in [5.74, 6) is -0.477. The van der Waals surface area contributed by atoms with Gasteiger partial charge in [-0.2, -0.15) is 0 Å². The molecule has 1 aliphatic rings. The normalized spacial score (nSPS) is 15.5. The lowest BCUT2D eigenvalue weighted by Crippen LogP contribution is -2.39. The van der Waals surface area contributed by atoms with Crippen molar-refractivity contribution in [2.75, 3.05) is 6.61 Å². The smallest absolute Gasteiger partial charge is 0.338 e. The van der Waals surface area contributed by atoms with Crippen LogP contribution in [0.25, 0.3) is 11.8 Å². The van der Waals surface area contributed by atoms with Gasteiger partial charge in [-0.15, -0.1) is 5.10 Å². The number of carbonyl (C=O) groups is 1. The van der Waals surface area contributed by atoms with Crippen LogP contribution in [0.4, 0.5) is 0 Å². The third-order valence-electron chi connectivity index (χ3n) is 5.79. The van der Waals surface area contributed by atoms with E-state index in [2.05, 4.69) is 15.3 Å². The number of hydrogen-bond donors (Lipinski definition) is 1. The van der Waals surface area contributed by atoms with E-state index in [1.165, 1.54) is 11.3 Å². The average Bonchev–Trinajstić information content (AvgIpc) is 3.49. The predicted octanol–water partition coefficient (Wildman–Crippen LogP) is 1.87. The maximum absolute atomic E-state index is 13.6. The molecule has 10 heteroatoms. The van der Waals surface area contributed by atoms with Gasteiger partial charge in [0.25, 0.3) is 5.56 Å². The quantitative estimate of drug-likeness (QED) is 0.404. The fourth-order valence-electron chi connectivity index (χ4n) is 4.11. The number of aliphatic hydroxyl groups is 1. The lowest BCUT2D eigenvalue weighted by molar-refractivity contribution is -0.139. The zero-order valence-corrected chi connectivity index (χ0v) is 20.5. The number of allylic oxidation sites excluding steroid dienone is 1. The van der Waals surface area contributed by atoms with Crippen molar-refractivity contribution in [3.05, 3.63) is 109 Å². The first-order chi connectivity index (χ1) is 17.5. The second kappa shape index (κ2) is 9.84. The monoisotopic (exact) mass is 501 g/mol. The minimum atomic E-state index is -0.626. The topological polar surface area (TPSA) is 112 Å². The lowest BCUT2D eigenvalue weighted by Gasteiger charge is -2.24. The molecule has 1 aliphatic heterocycles. The predicted molar refractivity (Wildman–Crippen MR) is 134 cm³/mol. The summed E-state index contributed by atoms with van der Waals surface area (Å²) >= 11 is 1.28. The number of aromatic nitrogens is 4. The summed E-state index contributed by atoms with van der Waals surface area (Å²) < 4.78 is 8.97. The highest BCUT2D eigenvalue weighted by Gasteiger charge is 2.33. The Morgan fingerprint density at radius 1 is 1.17 bits per heavy atom. The van der Waals surface area contributed by atoms with Crippen LogP contribution in [0.2, 0.25) is 0 Å². The first kappa shape index (κ1) is 23.6. The van der Waals surface area contributed by atoms with Crippen LogP contribution in [-0.4, -0.2) is 37.2 Å². The third kappa shape index (κ3) is 4.32. The number of ether oxygens (including phenoxy) is 1. The number of aliphatic hydroxyl groups excluding tert-OH is 1. The Kier molecular flexibility index (Phi) is 6.45. The van der Waals surface area contributed by atoms with E-state index in [9.17, 15) is 14.7 Å². The summed E-state index contributed by atoms with van der Waals surface area (Å²) in [4.78, 5) is 31.6. The molecule has 182 valence electrons. The van der Waals surface area contributed by atoms with Crippen molar-refractivity contribution in [1.29, 1.82) is 0 Å². The van der Waals surface area contributed by atoms with Crippen LogP contribution in [0.15, 0.2) is 81.9 Å². The Morgan fingerprint density at radius 2 is 1.92 bits per heavy atom. The molecular formula is C26H23N5O4S. The fourth-order valence-corrected chi connectivity index (χ4v) is 5.16. The van der Waals surface area contributed by atoms with Crippen molar-refractivity contribution in [2.45, 2.75) is 26.5 Å². The molecule has 0 amide bonds. The van der Waals surface area contributed by atoms with Gasteiger partial charge < -0.3 is 9.84 Å². The van der Waals surface area contributed by atoms with Crippen molar-refractivity contribution in [1.82, 2.24) is 19.6 Å². The maximum Gasteiger partial charge on any atom is 0.338 e. The molecule has 0 fully saturated rings. The van der Waals surface area contributed by atoms with E-state index in [1.54, 1.807) is 35.4 Å². The van der Waals surface area contributed by atoms with Crippen molar-refractivity contribution in [3.8, 4) is 5.69 Å². The molecule has 0 bridgehead atoms. The van der Waals surface area contributed by atoms with Crippen LogP contribution in [0.1, 0.15) is 36.7 Å². The molecule has 2 aromatic heterocycles. The number of benzene rings is 2. The van der Waals surface area contributed by atoms with Gasteiger partial charge in [-0.05, 0) is 43.2 Å². The molecule has 1 atom stereocenters. The second-order valence-electron chi connectivity index (χ2n) is 8.12. The lowest BCUT2D eigenvalue weighted by atomic mass is 9.96. The van der Waals surface area contributed by atoms with Gasteiger partial charge in [0.05, 0.1) is 46.9 Å². The van der Waals surface area contributed by atoms with Gasteiger partial charge in [0, 0.05) is 0 Å². The molecule has 3 heterocycles. The Hall–Kier alpha value is -4.15. The van der Waals surface area contributed by atoms with E-state index in [4.69, 9.17) is 4.74 Å². The highest BCUT2D eigenvalue weighted by atomic mass is 32.1. The van der Waals surface area contributed by atoms with Crippen LogP contribution in [0.5, 0.6) is 0 Å². The summed E-state index contributed by atoms with van der Waals surface area (Å²) in [7, 11) is 0. The van der Waals surface area contributed by atoms with Gasteiger partial charge in [-0.25, -0.2) is 14.5 Å². The number of hydrogen-bond acceptors (Lipinski definition) is 8. The Morgan fingerprint density at radius 3 is 2.58 bits per heavy atom. The van der Waals surface area contributed by atoms with E-state index in [1.807, 2.05) is 54.6 Å². The largest absolute Gasteiger partial charge is 0.463 e. The molecule has 9 nitrogen and oxygen atoms in total. The molecular weight excluding hydrogens is 478 g/mol. The van der Waals surface area contributed by atoms with Crippen molar-refractivity contribution >= 4 is 23.4 Å². The standard InChI is InChI=1S/C26H23N5O4S/c1-3-35-25(34)22-16(2)27-26-31(23(22)18-7-5-4-6-8-18)24(33)21(36-26)13-17-9-11-20(12-10-17)30-14-19(15-32)28-29-30/h4-14,23,32H,3,15H2,1-2H3/b21-13-.